The van der Waals surface area contributed by atoms with Gasteiger partial charge in [-0.2, -0.15) is 4.68 Å². The Kier molecular flexibility index (Phi) is 3.56. The van der Waals surface area contributed by atoms with Gasteiger partial charge in [0.15, 0.2) is 0 Å². The highest BCUT2D eigenvalue weighted by Gasteiger charge is 2.10. The molecule has 0 saturated heterocycles. The molecule has 0 saturated carbocycles. The van der Waals surface area contributed by atoms with Crippen molar-refractivity contribution in [2.45, 2.75) is 10.2 Å². The molecule has 0 fully saturated rings. The number of tetrazole rings is 1. The highest BCUT2D eigenvalue weighted by Crippen LogP contribution is 2.25. The van der Waals surface area contributed by atoms with Gasteiger partial charge in [-0.25, -0.2) is 4.98 Å². The van der Waals surface area contributed by atoms with Gasteiger partial charge in [0, 0.05) is 10.7 Å². The third kappa shape index (κ3) is 2.82. The summed E-state index contributed by atoms with van der Waals surface area (Å²) in [4.78, 5) is 4.30. The van der Waals surface area contributed by atoms with Gasteiger partial charge in [0.25, 0.3) is 0 Å². The molecule has 3 rings (SSSR count). The number of hydrogen-bond acceptors (Lipinski definition) is 5. The highest BCUT2D eigenvalue weighted by atomic mass is 79.9. The van der Waals surface area contributed by atoms with Gasteiger partial charge >= 0.3 is 0 Å². The molecule has 0 aliphatic heterocycles. The number of rotatable bonds is 3. The Morgan fingerprint density at radius 3 is 2.63 bits per heavy atom. The van der Waals surface area contributed by atoms with Gasteiger partial charge in [0.1, 0.15) is 5.03 Å². The molecule has 2 heterocycles. The lowest BCUT2D eigenvalue weighted by Gasteiger charge is -2.03. The molecule has 0 atom stereocenters. The summed E-state index contributed by atoms with van der Waals surface area (Å²) in [5.41, 5.74) is 0.923. The van der Waals surface area contributed by atoms with Gasteiger partial charge in [0.05, 0.1) is 5.69 Å². The molecule has 5 nitrogen and oxygen atoms in total. The average Bonchev–Trinajstić information content (AvgIpc) is 2.90. The molecule has 3 aromatic rings. The van der Waals surface area contributed by atoms with Gasteiger partial charge in [-0.3, -0.25) is 0 Å². The zero-order valence-corrected chi connectivity index (χ0v) is 12.0. The molecule has 0 aliphatic carbocycles. The lowest BCUT2D eigenvalue weighted by atomic mass is 10.3. The zero-order chi connectivity index (χ0) is 13.1. The van der Waals surface area contributed by atoms with E-state index in [0.29, 0.717) is 5.16 Å². The molecule has 7 heteroatoms. The van der Waals surface area contributed by atoms with E-state index in [9.17, 15) is 0 Å². The van der Waals surface area contributed by atoms with Crippen molar-refractivity contribution in [1.29, 1.82) is 0 Å². The van der Waals surface area contributed by atoms with Crippen molar-refractivity contribution in [3.63, 3.8) is 0 Å². The quantitative estimate of drug-likeness (QED) is 0.737. The number of aromatic nitrogens is 5. The maximum Gasteiger partial charge on any atom is 0.220 e. The van der Waals surface area contributed by atoms with Crippen LogP contribution in [0, 0.1) is 0 Å². The molecular weight excluding hydrogens is 326 g/mol. The molecular formula is C12H8BrN5S. The second-order valence-electron chi connectivity index (χ2n) is 3.63. The molecule has 0 N–H and O–H groups in total. The van der Waals surface area contributed by atoms with E-state index in [-0.39, 0.29) is 0 Å². The molecule has 0 radical (unpaired) electrons. The van der Waals surface area contributed by atoms with Crippen LogP contribution in [0.4, 0.5) is 0 Å². The van der Waals surface area contributed by atoms with Crippen LogP contribution in [0.15, 0.2) is 63.3 Å². The summed E-state index contributed by atoms with van der Waals surface area (Å²) >= 11 is 4.78. The largest absolute Gasteiger partial charge is 0.248 e. The van der Waals surface area contributed by atoms with Crippen molar-refractivity contribution in [2.24, 2.45) is 0 Å². The van der Waals surface area contributed by atoms with Crippen molar-refractivity contribution in [3.05, 3.63) is 53.1 Å². The summed E-state index contributed by atoms with van der Waals surface area (Å²) in [6, 6.07) is 13.6. The van der Waals surface area contributed by atoms with E-state index in [1.165, 1.54) is 11.8 Å². The third-order valence-electron chi connectivity index (χ3n) is 2.34. The fraction of sp³-hybridized carbons (Fsp3) is 0. The number of para-hydroxylation sites is 1. The first-order valence-corrected chi connectivity index (χ1v) is 7.07. The predicted molar refractivity (Wildman–Crippen MR) is 75.2 cm³/mol. The number of halogens is 1. The lowest BCUT2D eigenvalue weighted by molar-refractivity contribution is 0.756. The monoisotopic (exact) mass is 333 g/mol. The van der Waals surface area contributed by atoms with E-state index in [1.54, 1.807) is 10.9 Å². The van der Waals surface area contributed by atoms with Crippen molar-refractivity contribution >= 4 is 27.7 Å². The Bertz CT molecular complexity index is 668. The Morgan fingerprint density at radius 2 is 1.89 bits per heavy atom. The molecule has 19 heavy (non-hydrogen) atoms. The van der Waals surface area contributed by atoms with Crippen molar-refractivity contribution < 1.29 is 0 Å². The Labute approximate surface area is 122 Å². The maximum atomic E-state index is 4.30. The van der Waals surface area contributed by atoms with E-state index in [4.69, 9.17) is 0 Å². The lowest BCUT2D eigenvalue weighted by Crippen LogP contribution is -1.98. The molecule has 1 aromatic carbocycles. The van der Waals surface area contributed by atoms with Crippen LogP contribution < -0.4 is 0 Å². The predicted octanol–water partition coefficient (Wildman–Crippen LogP) is 2.97. The van der Waals surface area contributed by atoms with Crippen molar-refractivity contribution in [2.75, 3.05) is 0 Å². The normalized spacial score (nSPS) is 10.6. The summed E-state index contributed by atoms with van der Waals surface area (Å²) in [7, 11) is 0. The summed E-state index contributed by atoms with van der Waals surface area (Å²) in [5.74, 6) is 0. The molecule has 0 bridgehead atoms. The van der Waals surface area contributed by atoms with Gasteiger partial charge < -0.3 is 0 Å². The standard InChI is InChI=1S/C12H8BrN5S/c13-9-6-7-11(14-8-9)19-12-15-16-17-18(12)10-4-2-1-3-5-10/h1-8H. The van der Waals surface area contributed by atoms with Crippen molar-refractivity contribution in [1.82, 2.24) is 25.2 Å². The van der Waals surface area contributed by atoms with E-state index in [1.807, 2.05) is 42.5 Å². The molecule has 0 spiro atoms. The summed E-state index contributed by atoms with van der Waals surface area (Å²) in [5, 5.41) is 13.3. The van der Waals surface area contributed by atoms with Crippen LogP contribution in [-0.4, -0.2) is 25.2 Å². The maximum absolute atomic E-state index is 4.30. The van der Waals surface area contributed by atoms with Gasteiger partial charge in [-0.05, 0) is 62.4 Å². The first-order valence-electron chi connectivity index (χ1n) is 5.46. The van der Waals surface area contributed by atoms with E-state index in [0.717, 1.165) is 15.2 Å². The molecule has 94 valence electrons. The second kappa shape index (κ2) is 5.50. The SMILES string of the molecule is Brc1ccc(Sc2nnnn2-c2ccccc2)nc1. The van der Waals surface area contributed by atoms with Crippen LogP contribution in [0.2, 0.25) is 0 Å². The van der Waals surface area contributed by atoms with Crippen LogP contribution in [0.3, 0.4) is 0 Å². The Morgan fingerprint density at radius 1 is 1.05 bits per heavy atom. The van der Waals surface area contributed by atoms with E-state index in [2.05, 4.69) is 36.4 Å². The van der Waals surface area contributed by atoms with Crippen LogP contribution >= 0.6 is 27.7 Å². The highest BCUT2D eigenvalue weighted by molar-refractivity contribution is 9.10. The van der Waals surface area contributed by atoms with Gasteiger partial charge in [-0.15, -0.1) is 5.10 Å². The molecule has 0 aliphatic rings. The van der Waals surface area contributed by atoms with Crippen LogP contribution in [0.5, 0.6) is 0 Å². The molecule has 0 unspecified atom stereocenters. The summed E-state index contributed by atoms with van der Waals surface area (Å²) < 4.78 is 2.63. The second-order valence-corrected chi connectivity index (χ2v) is 5.53. The first kappa shape index (κ1) is 12.3. The Hall–Kier alpha value is -1.73. The van der Waals surface area contributed by atoms with Crippen LogP contribution in [0.25, 0.3) is 5.69 Å². The van der Waals surface area contributed by atoms with E-state index < -0.39 is 0 Å². The summed E-state index contributed by atoms with van der Waals surface area (Å²) in [6.45, 7) is 0. The fourth-order valence-corrected chi connectivity index (χ4v) is 2.46. The Balaban J connectivity index is 1.91. The van der Waals surface area contributed by atoms with Crippen molar-refractivity contribution in [3.8, 4) is 5.69 Å². The number of pyridine rings is 1. The zero-order valence-electron chi connectivity index (χ0n) is 9.64. The summed E-state index contributed by atoms with van der Waals surface area (Å²) in [6.07, 6.45) is 1.75. The minimum absolute atomic E-state index is 0.682. The first-order chi connectivity index (χ1) is 9.33. The molecule has 2 aromatic heterocycles. The minimum atomic E-state index is 0.682. The number of nitrogens with zero attached hydrogens (tertiary/aromatic N) is 5. The number of hydrogen-bond donors (Lipinski definition) is 0. The third-order valence-corrected chi connectivity index (χ3v) is 3.69. The van der Waals surface area contributed by atoms with Crippen LogP contribution in [0.1, 0.15) is 0 Å². The van der Waals surface area contributed by atoms with E-state index >= 15 is 0 Å². The van der Waals surface area contributed by atoms with Crippen LogP contribution in [-0.2, 0) is 0 Å². The number of benzene rings is 1. The average molecular weight is 334 g/mol. The smallest absolute Gasteiger partial charge is 0.220 e. The van der Waals surface area contributed by atoms with Gasteiger partial charge in [0.2, 0.25) is 5.16 Å². The van der Waals surface area contributed by atoms with Gasteiger partial charge in [-0.1, -0.05) is 18.2 Å². The fourth-order valence-electron chi connectivity index (χ4n) is 1.49. The molecule has 0 amide bonds. The minimum Gasteiger partial charge on any atom is -0.248 e. The topological polar surface area (TPSA) is 56.5 Å².